The Bertz CT molecular complexity index is 710. The van der Waals surface area contributed by atoms with Gasteiger partial charge in [0.2, 0.25) is 0 Å². The van der Waals surface area contributed by atoms with Gasteiger partial charge >= 0.3 is 0 Å². The van der Waals surface area contributed by atoms with Crippen LogP contribution < -0.4 is 5.73 Å². The molecular weight excluding hydrogens is 346 g/mol. The van der Waals surface area contributed by atoms with E-state index in [1.165, 1.54) is 0 Å². The Kier molecular flexibility index (Phi) is 4.43. The van der Waals surface area contributed by atoms with Crippen molar-refractivity contribution in [3.8, 4) is 11.3 Å². The van der Waals surface area contributed by atoms with Crippen molar-refractivity contribution in [3.05, 3.63) is 69.2 Å². The molecule has 3 aromatic rings. The molecule has 3 nitrogen and oxygen atoms in total. The third kappa shape index (κ3) is 3.56. The minimum absolute atomic E-state index is 0.132. The topological polar surface area (TPSA) is 51.8 Å². The van der Waals surface area contributed by atoms with Crippen molar-refractivity contribution in [2.45, 2.75) is 12.5 Å². The van der Waals surface area contributed by atoms with E-state index < -0.39 is 0 Å². The van der Waals surface area contributed by atoms with E-state index in [-0.39, 0.29) is 6.04 Å². The third-order valence-corrected chi connectivity index (χ3v) is 4.49. The van der Waals surface area contributed by atoms with Crippen LogP contribution in [0.25, 0.3) is 11.3 Å². The number of benzene rings is 1. The van der Waals surface area contributed by atoms with Crippen LogP contribution in [0.4, 0.5) is 0 Å². The lowest BCUT2D eigenvalue weighted by atomic mass is 10.1. The first-order valence-corrected chi connectivity index (χ1v) is 8.26. The largest absolute Gasteiger partial charge is 0.322 e. The van der Waals surface area contributed by atoms with Crippen molar-refractivity contribution in [2.24, 2.45) is 5.73 Å². The summed E-state index contributed by atoms with van der Waals surface area (Å²) in [6, 6.07) is 13.9. The van der Waals surface area contributed by atoms with Crippen LogP contribution in [-0.2, 0) is 6.42 Å². The molecule has 0 aliphatic carbocycles. The zero-order chi connectivity index (χ0) is 14.7. The maximum Gasteiger partial charge on any atom is 0.0952 e. The molecule has 0 aliphatic rings. The number of hydrogen-bond donors (Lipinski definition) is 1. The quantitative estimate of drug-likeness (QED) is 0.758. The summed E-state index contributed by atoms with van der Waals surface area (Å²) < 4.78 is 0.957. The molecule has 3 rings (SSSR count). The van der Waals surface area contributed by atoms with Crippen LogP contribution in [0.5, 0.6) is 0 Å². The molecule has 0 amide bonds. The highest BCUT2D eigenvalue weighted by Gasteiger charge is 2.12. The molecule has 1 aromatic carbocycles. The number of hydrogen-bond acceptors (Lipinski definition) is 4. The molecule has 1 atom stereocenters. The maximum absolute atomic E-state index is 6.21. The molecule has 5 heteroatoms. The van der Waals surface area contributed by atoms with Gasteiger partial charge in [-0.2, -0.15) is 0 Å². The molecule has 0 aliphatic heterocycles. The van der Waals surface area contributed by atoms with Crippen LogP contribution in [0.15, 0.2) is 58.5 Å². The van der Waals surface area contributed by atoms with E-state index in [0.717, 1.165) is 26.4 Å². The lowest BCUT2D eigenvalue weighted by Gasteiger charge is -2.08. The molecule has 2 aromatic heterocycles. The van der Waals surface area contributed by atoms with Crippen LogP contribution in [0.1, 0.15) is 16.7 Å². The summed E-state index contributed by atoms with van der Waals surface area (Å²) in [4.78, 5) is 9.01. The third-order valence-electron chi connectivity index (χ3n) is 3.15. The Hall–Kier alpha value is -1.56. The minimum atomic E-state index is -0.132. The normalized spacial score (nSPS) is 12.3. The first kappa shape index (κ1) is 14.4. The highest BCUT2D eigenvalue weighted by Crippen LogP contribution is 2.24. The lowest BCUT2D eigenvalue weighted by Crippen LogP contribution is -2.14. The predicted octanol–water partition coefficient (Wildman–Crippen LogP) is 4.21. The summed E-state index contributed by atoms with van der Waals surface area (Å²) in [5.41, 5.74) is 9.24. The molecule has 21 heavy (non-hydrogen) atoms. The number of nitrogens with zero attached hydrogens (tertiary/aromatic N) is 2. The first-order chi connectivity index (χ1) is 10.2. The van der Waals surface area contributed by atoms with Crippen molar-refractivity contribution in [3.63, 3.8) is 0 Å². The van der Waals surface area contributed by atoms with Gasteiger partial charge in [0.25, 0.3) is 0 Å². The van der Waals surface area contributed by atoms with Gasteiger partial charge in [0.15, 0.2) is 0 Å². The van der Waals surface area contributed by atoms with Gasteiger partial charge in [-0.25, -0.2) is 4.98 Å². The molecule has 0 bridgehead atoms. The Morgan fingerprint density at radius 1 is 1.14 bits per heavy atom. The van der Waals surface area contributed by atoms with Gasteiger partial charge in [-0.15, -0.1) is 11.3 Å². The molecular formula is C16H14BrN3S. The summed E-state index contributed by atoms with van der Waals surface area (Å²) in [7, 11) is 0. The second kappa shape index (κ2) is 6.47. The number of pyridine rings is 1. The second-order valence-corrected chi connectivity index (χ2v) is 6.56. The highest BCUT2D eigenvalue weighted by atomic mass is 79.9. The van der Waals surface area contributed by atoms with Gasteiger partial charge in [0.1, 0.15) is 0 Å². The van der Waals surface area contributed by atoms with E-state index in [4.69, 9.17) is 5.73 Å². The minimum Gasteiger partial charge on any atom is -0.322 e. The van der Waals surface area contributed by atoms with Gasteiger partial charge in [-0.1, -0.05) is 30.3 Å². The molecule has 0 saturated carbocycles. The van der Waals surface area contributed by atoms with Crippen molar-refractivity contribution < 1.29 is 0 Å². The monoisotopic (exact) mass is 359 g/mol. The molecule has 2 heterocycles. The van der Waals surface area contributed by atoms with E-state index in [1.807, 2.05) is 30.3 Å². The standard InChI is InChI=1S/C16H14BrN3S/c17-12-6-7-14(19-9-12)13(18)8-16-20-15(10-21-16)11-4-2-1-3-5-11/h1-7,9-10,13H,8,18H2. The second-order valence-electron chi connectivity index (χ2n) is 4.70. The van der Waals surface area contributed by atoms with Crippen LogP contribution >= 0.6 is 27.3 Å². The Morgan fingerprint density at radius 2 is 1.95 bits per heavy atom. The average molecular weight is 360 g/mol. The molecule has 0 spiro atoms. The maximum atomic E-state index is 6.21. The van der Waals surface area contributed by atoms with Gasteiger partial charge < -0.3 is 5.73 Å². The lowest BCUT2D eigenvalue weighted by molar-refractivity contribution is 0.693. The Balaban J connectivity index is 1.74. The highest BCUT2D eigenvalue weighted by molar-refractivity contribution is 9.10. The number of halogens is 1. The zero-order valence-corrected chi connectivity index (χ0v) is 13.6. The fraction of sp³-hybridized carbons (Fsp3) is 0.125. The van der Waals surface area contributed by atoms with Crippen molar-refractivity contribution in [1.29, 1.82) is 0 Å². The van der Waals surface area contributed by atoms with Gasteiger partial charge in [0, 0.05) is 28.0 Å². The van der Waals surface area contributed by atoms with Crippen LogP contribution in [-0.4, -0.2) is 9.97 Å². The van der Waals surface area contributed by atoms with E-state index >= 15 is 0 Å². The van der Waals surface area contributed by atoms with Crippen LogP contribution in [0, 0.1) is 0 Å². The number of nitrogens with two attached hydrogens (primary N) is 1. The molecule has 0 saturated heterocycles. The summed E-state index contributed by atoms with van der Waals surface area (Å²) in [6.45, 7) is 0. The molecule has 106 valence electrons. The molecule has 2 N–H and O–H groups in total. The van der Waals surface area contributed by atoms with E-state index in [0.29, 0.717) is 6.42 Å². The number of rotatable bonds is 4. The zero-order valence-electron chi connectivity index (χ0n) is 11.2. The van der Waals surface area contributed by atoms with Crippen molar-refractivity contribution >= 4 is 27.3 Å². The molecule has 0 radical (unpaired) electrons. The fourth-order valence-corrected chi connectivity index (χ4v) is 3.14. The first-order valence-electron chi connectivity index (χ1n) is 6.59. The van der Waals surface area contributed by atoms with E-state index in [9.17, 15) is 0 Å². The number of aromatic nitrogens is 2. The Labute approximate surface area is 136 Å². The fourth-order valence-electron chi connectivity index (χ4n) is 2.05. The Morgan fingerprint density at radius 3 is 2.67 bits per heavy atom. The van der Waals surface area contributed by atoms with Crippen molar-refractivity contribution in [2.75, 3.05) is 0 Å². The summed E-state index contributed by atoms with van der Waals surface area (Å²) in [5, 5.41) is 3.11. The van der Waals surface area contributed by atoms with Gasteiger partial charge in [-0.05, 0) is 28.1 Å². The smallest absolute Gasteiger partial charge is 0.0952 e. The van der Waals surface area contributed by atoms with Gasteiger partial charge in [0.05, 0.1) is 22.4 Å². The molecule has 0 fully saturated rings. The van der Waals surface area contributed by atoms with E-state index in [1.54, 1.807) is 17.5 Å². The SMILES string of the molecule is NC(Cc1nc(-c2ccccc2)cs1)c1ccc(Br)cn1. The average Bonchev–Trinajstić information content (AvgIpc) is 2.97. The summed E-state index contributed by atoms with van der Waals surface area (Å²) >= 11 is 5.02. The summed E-state index contributed by atoms with van der Waals surface area (Å²) in [5.74, 6) is 0. The predicted molar refractivity (Wildman–Crippen MR) is 90.1 cm³/mol. The summed E-state index contributed by atoms with van der Waals surface area (Å²) in [6.07, 6.45) is 2.47. The van der Waals surface area contributed by atoms with Crippen LogP contribution in [0.3, 0.4) is 0 Å². The number of thiazole rings is 1. The van der Waals surface area contributed by atoms with E-state index in [2.05, 4.69) is 43.4 Å². The molecule has 1 unspecified atom stereocenters. The van der Waals surface area contributed by atoms with Gasteiger partial charge in [-0.3, -0.25) is 4.98 Å². The van der Waals surface area contributed by atoms with Crippen LogP contribution in [0.2, 0.25) is 0 Å². The van der Waals surface area contributed by atoms with Crippen molar-refractivity contribution in [1.82, 2.24) is 9.97 Å².